The topological polar surface area (TPSA) is 56.9 Å². The fourth-order valence-corrected chi connectivity index (χ4v) is 2.38. The Morgan fingerprint density at radius 1 is 1.26 bits per heavy atom. The molecule has 0 N–H and O–H groups in total. The third kappa shape index (κ3) is 2.18. The van der Waals surface area contributed by atoms with E-state index in [1.807, 2.05) is 0 Å². The third-order valence-electron chi connectivity index (χ3n) is 3.28. The number of halogens is 1. The molecule has 0 aliphatic rings. The van der Waals surface area contributed by atoms with E-state index >= 15 is 0 Å². The molecule has 2 rings (SSSR count). The summed E-state index contributed by atoms with van der Waals surface area (Å²) in [5.41, 5.74) is 0.390. The Hall–Kier alpha value is -1.62. The van der Waals surface area contributed by atoms with Crippen molar-refractivity contribution < 1.29 is 0 Å². The molecule has 0 aliphatic carbocycles. The Balaban J connectivity index is 2.83. The van der Waals surface area contributed by atoms with Crippen LogP contribution in [0.3, 0.4) is 0 Å². The van der Waals surface area contributed by atoms with Crippen LogP contribution >= 0.6 is 11.6 Å². The molecule has 19 heavy (non-hydrogen) atoms. The van der Waals surface area contributed by atoms with E-state index in [-0.39, 0.29) is 0 Å². The molecule has 0 spiro atoms. The highest BCUT2D eigenvalue weighted by molar-refractivity contribution is 6.35. The van der Waals surface area contributed by atoms with Gasteiger partial charge < -0.3 is 0 Å². The maximum absolute atomic E-state index is 12.2. The van der Waals surface area contributed by atoms with Crippen molar-refractivity contribution in [3.63, 3.8) is 0 Å². The lowest BCUT2D eigenvalue weighted by Gasteiger charge is -2.10. The van der Waals surface area contributed by atoms with Crippen LogP contribution in [-0.2, 0) is 20.5 Å². The number of fused-ring (bicyclic) bond motifs is 1. The highest BCUT2D eigenvalue weighted by Crippen LogP contribution is 2.23. The van der Waals surface area contributed by atoms with Crippen molar-refractivity contribution in [2.75, 3.05) is 0 Å². The predicted molar refractivity (Wildman–Crippen MR) is 75.8 cm³/mol. The van der Waals surface area contributed by atoms with Crippen molar-refractivity contribution in [1.82, 2.24) is 14.1 Å². The van der Waals surface area contributed by atoms with Crippen LogP contribution in [0.5, 0.6) is 0 Å². The highest BCUT2D eigenvalue weighted by atomic mass is 35.5. The second-order valence-electron chi connectivity index (χ2n) is 4.61. The molecule has 0 fully saturated rings. The van der Waals surface area contributed by atoms with Gasteiger partial charge in [0.2, 0.25) is 0 Å². The summed E-state index contributed by atoms with van der Waals surface area (Å²) >= 11 is 6.31. The minimum absolute atomic E-state index is 0.319. The van der Waals surface area contributed by atoms with E-state index in [9.17, 15) is 9.59 Å². The van der Waals surface area contributed by atoms with Gasteiger partial charge in [-0.1, -0.05) is 24.9 Å². The first-order valence-electron chi connectivity index (χ1n) is 6.22. The van der Waals surface area contributed by atoms with Crippen LogP contribution in [0.25, 0.3) is 11.0 Å². The van der Waals surface area contributed by atoms with Gasteiger partial charge in [0.05, 0.1) is 5.02 Å². The molecule has 0 amide bonds. The summed E-state index contributed by atoms with van der Waals surface area (Å²) in [6, 6.07) is 0. The summed E-state index contributed by atoms with van der Waals surface area (Å²) in [7, 11) is 3.03. The third-order valence-corrected chi connectivity index (χ3v) is 3.71. The molecular formula is C13H16ClN3O2. The lowest BCUT2D eigenvalue weighted by molar-refractivity contribution is 0.706. The number of pyridine rings is 1. The summed E-state index contributed by atoms with van der Waals surface area (Å²) in [4.78, 5) is 28.2. The number of aryl methyl sites for hydroxylation is 2. The van der Waals surface area contributed by atoms with Crippen LogP contribution in [0.15, 0.2) is 15.8 Å². The van der Waals surface area contributed by atoms with Crippen LogP contribution in [0.1, 0.15) is 25.3 Å². The Bertz CT molecular complexity index is 746. The fourth-order valence-electron chi connectivity index (χ4n) is 2.07. The first kappa shape index (κ1) is 13.8. The molecule has 2 aromatic heterocycles. The average molecular weight is 282 g/mol. The quantitative estimate of drug-likeness (QED) is 0.859. The standard InChI is InChI=1S/C13H16ClN3O2/c1-4-5-6-8-7-15-11-9(10(8)14)12(18)17(3)13(19)16(11)2/h7H,4-6H2,1-3H3. The zero-order chi connectivity index (χ0) is 14.2. The van der Waals surface area contributed by atoms with Crippen molar-refractivity contribution >= 4 is 22.6 Å². The molecule has 6 heteroatoms. The number of hydrogen-bond acceptors (Lipinski definition) is 3. The first-order chi connectivity index (χ1) is 8.99. The van der Waals surface area contributed by atoms with E-state index in [0.717, 1.165) is 29.4 Å². The number of nitrogens with zero attached hydrogens (tertiary/aromatic N) is 3. The Labute approximate surface area is 115 Å². The molecule has 5 nitrogen and oxygen atoms in total. The van der Waals surface area contributed by atoms with Gasteiger partial charge in [-0.05, 0) is 18.4 Å². The van der Waals surface area contributed by atoms with Crippen LogP contribution in [-0.4, -0.2) is 14.1 Å². The zero-order valence-electron chi connectivity index (χ0n) is 11.2. The first-order valence-corrected chi connectivity index (χ1v) is 6.60. The van der Waals surface area contributed by atoms with E-state index in [1.54, 1.807) is 13.2 Å². The smallest absolute Gasteiger partial charge is 0.280 e. The molecule has 0 unspecified atom stereocenters. The lowest BCUT2D eigenvalue weighted by Crippen LogP contribution is -2.37. The maximum Gasteiger partial charge on any atom is 0.332 e. The molecule has 2 heterocycles. The van der Waals surface area contributed by atoms with Gasteiger partial charge in [-0.25, -0.2) is 9.78 Å². The van der Waals surface area contributed by atoms with Gasteiger partial charge in [0, 0.05) is 20.3 Å². The Morgan fingerprint density at radius 2 is 1.95 bits per heavy atom. The van der Waals surface area contributed by atoms with Crippen molar-refractivity contribution in [1.29, 1.82) is 0 Å². The van der Waals surface area contributed by atoms with Crippen molar-refractivity contribution in [3.8, 4) is 0 Å². The minimum atomic E-state index is -0.401. The van der Waals surface area contributed by atoms with E-state index in [0.29, 0.717) is 16.1 Å². The largest absolute Gasteiger partial charge is 0.332 e. The molecule has 0 saturated carbocycles. The zero-order valence-corrected chi connectivity index (χ0v) is 12.0. The van der Waals surface area contributed by atoms with Gasteiger partial charge in [0.1, 0.15) is 5.39 Å². The summed E-state index contributed by atoms with van der Waals surface area (Å²) in [5, 5.41) is 0.731. The number of hydrogen-bond donors (Lipinski definition) is 0. The molecule has 0 radical (unpaired) electrons. The fraction of sp³-hybridized carbons (Fsp3) is 0.462. The van der Waals surface area contributed by atoms with Crippen LogP contribution in [0, 0.1) is 0 Å². The summed E-state index contributed by atoms with van der Waals surface area (Å²) < 4.78 is 2.39. The lowest BCUT2D eigenvalue weighted by atomic mass is 10.1. The molecule has 0 bridgehead atoms. The number of unbranched alkanes of at least 4 members (excludes halogenated alkanes) is 1. The number of aromatic nitrogens is 3. The van der Waals surface area contributed by atoms with Crippen LogP contribution < -0.4 is 11.2 Å². The second kappa shape index (κ2) is 5.17. The predicted octanol–water partition coefficient (Wildman–Crippen LogP) is 1.63. The van der Waals surface area contributed by atoms with Gasteiger partial charge in [-0.3, -0.25) is 13.9 Å². The number of rotatable bonds is 3. The molecule has 0 aliphatic heterocycles. The molecule has 2 aromatic rings. The Morgan fingerprint density at radius 3 is 2.58 bits per heavy atom. The van der Waals surface area contributed by atoms with E-state index in [4.69, 9.17) is 11.6 Å². The van der Waals surface area contributed by atoms with Gasteiger partial charge in [-0.2, -0.15) is 0 Å². The van der Waals surface area contributed by atoms with Crippen molar-refractivity contribution in [2.45, 2.75) is 26.2 Å². The molecule has 0 saturated heterocycles. The van der Waals surface area contributed by atoms with Gasteiger partial charge in [0.25, 0.3) is 5.56 Å². The Kier molecular flexibility index (Phi) is 3.75. The summed E-state index contributed by atoms with van der Waals surface area (Å²) in [6.45, 7) is 2.09. The van der Waals surface area contributed by atoms with Gasteiger partial charge in [0.15, 0.2) is 5.65 Å². The van der Waals surface area contributed by atoms with Crippen molar-refractivity contribution in [3.05, 3.63) is 37.6 Å². The maximum atomic E-state index is 12.2. The summed E-state index contributed by atoms with van der Waals surface area (Å²) in [5.74, 6) is 0. The van der Waals surface area contributed by atoms with E-state index in [2.05, 4.69) is 11.9 Å². The van der Waals surface area contributed by atoms with E-state index in [1.165, 1.54) is 11.6 Å². The average Bonchev–Trinajstić information content (AvgIpc) is 2.41. The second-order valence-corrected chi connectivity index (χ2v) is 4.98. The molecular weight excluding hydrogens is 266 g/mol. The van der Waals surface area contributed by atoms with Crippen LogP contribution in [0.2, 0.25) is 5.02 Å². The van der Waals surface area contributed by atoms with Crippen LogP contribution in [0.4, 0.5) is 0 Å². The van der Waals surface area contributed by atoms with E-state index < -0.39 is 11.2 Å². The van der Waals surface area contributed by atoms with Gasteiger partial charge in [-0.15, -0.1) is 0 Å². The monoisotopic (exact) mass is 281 g/mol. The molecule has 0 aromatic carbocycles. The van der Waals surface area contributed by atoms with Crippen molar-refractivity contribution in [2.24, 2.45) is 14.1 Å². The molecule has 102 valence electrons. The highest BCUT2D eigenvalue weighted by Gasteiger charge is 2.15. The molecule has 0 atom stereocenters. The normalized spacial score (nSPS) is 11.2. The van der Waals surface area contributed by atoms with Gasteiger partial charge >= 0.3 is 5.69 Å². The SMILES string of the molecule is CCCCc1cnc2c(c1Cl)c(=O)n(C)c(=O)n2C. The summed E-state index contributed by atoms with van der Waals surface area (Å²) in [6.07, 6.45) is 4.46. The minimum Gasteiger partial charge on any atom is -0.280 e.